The Bertz CT molecular complexity index is 767. The normalized spacial score (nSPS) is 41.5. The van der Waals surface area contributed by atoms with Gasteiger partial charge >= 0.3 is 5.97 Å². The van der Waals surface area contributed by atoms with Gasteiger partial charge in [0.2, 0.25) is 0 Å². The lowest BCUT2D eigenvalue weighted by Gasteiger charge is -2.60. The molecule has 0 aliphatic heterocycles. The molecule has 0 spiro atoms. The van der Waals surface area contributed by atoms with Gasteiger partial charge in [-0.1, -0.05) is 46.6 Å². The van der Waals surface area contributed by atoms with Gasteiger partial charge in [-0.3, -0.25) is 4.79 Å². The molecular weight excluding hydrogens is 408 g/mol. The molecule has 0 radical (unpaired) electrons. The van der Waals surface area contributed by atoms with Crippen molar-refractivity contribution in [2.24, 2.45) is 46.3 Å². The van der Waals surface area contributed by atoms with Gasteiger partial charge in [-0.25, -0.2) is 0 Å². The molecule has 4 unspecified atom stereocenters. The summed E-state index contributed by atoms with van der Waals surface area (Å²) in [7, 11) is 0. The fraction of sp³-hybridized carbons (Fsp3) is 0.833. The molecular formula is C30H46O3. The Kier molecular flexibility index (Phi) is 7.59. The molecule has 0 aromatic carbocycles. The molecule has 0 aromatic heterocycles. The van der Waals surface area contributed by atoms with Crippen LogP contribution in [0, 0.1) is 46.3 Å². The molecule has 3 nitrogen and oxygen atoms in total. The van der Waals surface area contributed by atoms with Crippen LogP contribution in [0.1, 0.15) is 104 Å². The van der Waals surface area contributed by atoms with Gasteiger partial charge in [0.1, 0.15) is 12.4 Å². The predicted molar refractivity (Wildman–Crippen MR) is 133 cm³/mol. The maximum atomic E-state index is 13.0. The van der Waals surface area contributed by atoms with Crippen molar-refractivity contribution in [1.29, 1.82) is 0 Å². The van der Waals surface area contributed by atoms with Gasteiger partial charge in [0, 0.05) is 11.3 Å². The van der Waals surface area contributed by atoms with Crippen LogP contribution in [0.15, 0.2) is 18.4 Å². The summed E-state index contributed by atoms with van der Waals surface area (Å²) in [6, 6.07) is 0. The highest BCUT2D eigenvalue weighted by molar-refractivity contribution is 5.74. The molecule has 0 heterocycles. The van der Waals surface area contributed by atoms with E-state index in [1.807, 2.05) is 6.08 Å². The number of allylic oxidation sites excluding steroid dienone is 1. The molecule has 0 N–H and O–H groups in total. The monoisotopic (exact) mass is 454 g/mol. The number of hydrogen-bond donors (Lipinski definition) is 0. The Balaban J connectivity index is 1.42. The van der Waals surface area contributed by atoms with Crippen LogP contribution in [-0.2, 0) is 14.3 Å². The number of aldehydes is 1. The van der Waals surface area contributed by atoms with E-state index < -0.39 is 0 Å². The third-order valence-electron chi connectivity index (χ3n) is 10.9. The second-order valence-electron chi connectivity index (χ2n) is 12.3. The Morgan fingerprint density at radius 2 is 1.82 bits per heavy atom. The lowest BCUT2D eigenvalue weighted by molar-refractivity contribution is -0.165. The molecule has 0 bridgehead atoms. The van der Waals surface area contributed by atoms with Crippen molar-refractivity contribution >= 4 is 12.3 Å². The van der Waals surface area contributed by atoms with E-state index in [-0.39, 0.29) is 35.7 Å². The van der Waals surface area contributed by atoms with Crippen molar-refractivity contribution in [3.05, 3.63) is 18.4 Å². The average molecular weight is 455 g/mol. The second kappa shape index (κ2) is 10.1. The first-order chi connectivity index (χ1) is 15.9. The van der Waals surface area contributed by atoms with Crippen LogP contribution in [-0.4, -0.2) is 18.4 Å². The minimum atomic E-state index is -0.339. The molecule has 4 saturated carbocycles. The van der Waals surface area contributed by atoms with E-state index in [0.29, 0.717) is 11.3 Å². The number of fused-ring (bicyclic) bond motifs is 5. The molecule has 4 rings (SSSR count). The summed E-state index contributed by atoms with van der Waals surface area (Å²) < 4.78 is 6.19. The molecule has 0 saturated heterocycles. The van der Waals surface area contributed by atoms with Crippen LogP contribution in [0.2, 0.25) is 0 Å². The highest BCUT2D eigenvalue weighted by atomic mass is 16.5. The molecule has 4 fully saturated rings. The summed E-state index contributed by atoms with van der Waals surface area (Å²) in [6.07, 6.45) is 18.0. The standard InChI is InChI=1S/C30H46O3/c1-5-9-21(10-6-2)22(20-31)19-28(32)33-27-15-14-25-24-13-12-23-11-7-8-17-29(23,3)26(24)16-18-30(25,27)4/h9,20-27H,1,6-8,10-19H2,2-4H3/t21?,22?,23?,24-,25-,26-,27?,29-,30-/m0/s1. The SMILES string of the molecule is C=C=CC(CCC)C(C=O)CC(=O)OC1CC[C@H]2[C@@H]3CCC4CCCC[C@]4(C)[C@H]3CC[C@]12C. The number of rotatable bonds is 8. The highest BCUT2D eigenvalue weighted by Crippen LogP contribution is 2.66. The molecule has 0 aromatic rings. The fourth-order valence-electron chi connectivity index (χ4n) is 9.05. The first kappa shape index (κ1) is 24.8. The van der Waals surface area contributed by atoms with Gasteiger partial charge in [-0.15, -0.1) is 5.73 Å². The zero-order chi connectivity index (χ0) is 23.6. The number of esters is 1. The number of carbonyl (C=O) groups excluding carboxylic acids is 2. The van der Waals surface area contributed by atoms with Gasteiger partial charge in [0.05, 0.1) is 6.42 Å². The third-order valence-corrected chi connectivity index (χ3v) is 10.9. The predicted octanol–water partition coefficient (Wildman–Crippen LogP) is 7.29. The first-order valence-corrected chi connectivity index (χ1v) is 13.9. The number of carbonyl (C=O) groups is 2. The van der Waals surface area contributed by atoms with Crippen LogP contribution in [0.25, 0.3) is 0 Å². The van der Waals surface area contributed by atoms with Crippen LogP contribution < -0.4 is 0 Å². The van der Waals surface area contributed by atoms with Crippen LogP contribution >= 0.6 is 0 Å². The van der Waals surface area contributed by atoms with Gasteiger partial charge in [-0.05, 0) is 98.9 Å². The Labute approximate surface area is 201 Å². The van der Waals surface area contributed by atoms with E-state index in [4.69, 9.17) is 4.74 Å². The maximum Gasteiger partial charge on any atom is 0.306 e. The van der Waals surface area contributed by atoms with Gasteiger partial charge < -0.3 is 9.53 Å². The molecule has 33 heavy (non-hydrogen) atoms. The Morgan fingerprint density at radius 3 is 2.55 bits per heavy atom. The third kappa shape index (κ3) is 4.52. The lowest BCUT2D eigenvalue weighted by atomic mass is 9.45. The molecule has 3 heteroatoms. The van der Waals surface area contributed by atoms with E-state index in [2.05, 4.69) is 33.1 Å². The Morgan fingerprint density at radius 1 is 1.03 bits per heavy atom. The van der Waals surface area contributed by atoms with E-state index in [1.54, 1.807) is 0 Å². The molecule has 184 valence electrons. The summed E-state index contributed by atoms with van der Waals surface area (Å²) >= 11 is 0. The molecule has 0 amide bonds. The van der Waals surface area contributed by atoms with E-state index >= 15 is 0 Å². The average Bonchev–Trinajstić information content (AvgIpc) is 3.13. The maximum absolute atomic E-state index is 13.0. The smallest absolute Gasteiger partial charge is 0.306 e. The van der Waals surface area contributed by atoms with Crippen LogP contribution in [0.5, 0.6) is 0 Å². The summed E-state index contributed by atoms with van der Waals surface area (Å²) in [5.41, 5.74) is 3.47. The van der Waals surface area contributed by atoms with E-state index in [9.17, 15) is 9.59 Å². The lowest BCUT2D eigenvalue weighted by Crippen LogP contribution is -2.53. The van der Waals surface area contributed by atoms with Crippen molar-refractivity contribution in [3.8, 4) is 0 Å². The summed E-state index contributed by atoms with van der Waals surface area (Å²) in [6.45, 7) is 10.8. The number of hydrogen-bond acceptors (Lipinski definition) is 3. The van der Waals surface area contributed by atoms with Gasteiger partial charge in [0.15, 0.2) is 0 Å². The van der Waals surface area contributed by atoms with Crippen LogP contribution in [0.3, 0.4) is 0 Å². The fourth-order valence-corrected chi connectivity index (χ4v) is 9.05. The van der Waals surface area contributed by atoms with E-state index in [0.717, 1.165) is 43.3 Å². The van der Waals surface area contributed by atoms with Crippen molar-refractivity contribution in [2.45, 2.75) is 110 Å². The van der Waals surface area contributed by atoms with Crippen LogP contribution in [0.4, 0.5) is 0 Å². The van der Waals surface area contributed by atoms with E-state index in [1.165, 1.54) is 57.8 Å². The quantitative estimate of drug-likeness (QED) is 0.220. The summed E-state index contributed by atoms with van der Waals surface area (Å²) in [5, 5.41) is 0. The number of ether oxygens (including phenoxy) is 1. The van der Waals surface area contributed by atoms with Gasteiger partial charge in [-0.2, -0.15) is 0 Å². The second-order valence-corrected chi connectivity index (χ2v) is 12.3. The summed E-state index contributed by atoms with van der Waals surface area (Å²) in [4.78, 5) is 24.8. The molecule has 4 aliphatic carbocycles. The summed E-state index contributed by atoms with van der Waals surface area (Å²) in [5.74, 6) is 2.79. The highest BCUT2D eigenvalue weighted by Gasteiger charge is 2.60. The first-order valence-electron chi connectivity index (χ1n) is 13.9. The minimum absolute atomic E-state index is 0.0136. The Hall–Kier alpha value is -1.34. The van der Waals surface area contributed by atoms with Crippen molar-refractivity contribution in [3.63, 3.8) is 0 Å². The largest absolute Gasteiger partial charge is 0.462 e. The van der Waals surface area contributed by atoms with Crippen molar-refractivity contribution in [1.82, 2.24) is 0 Å². The molecule has 4 aliphatic rings. The van der Waals surface area contributed by atoms with Crippen molar-refractivity contribution < 1.29 is 14.3 Å². The van der Waals surface area contributed by atoms with Crippen molar-refractivity contribution in [2.75, 3.05) is 0 Å². The zero-order valence-corrected chi connectivity index (χ0v) is 21.3. The minimum Gasteiger partial charge on any atom is -0.462 e. The van der Waals surface area contributed by atoms with Gasteiger partial charge in [0.25, 0.3) is 0 Å². The molecule has 9 atom stereocenters. The topological polar surface area (TPSA) is 43.4 Å². The zero-order valence-electron chi connectivity index (χ0n) is 21.3.